The quantitative estimate of drug-likeness (QED) is 0.212. The van der Waals surface area contributed by atoms with Gasteiger partial charge in [-0.1, -0.05) is 18.2 Å². The van der Waals surface area contributed by atoms with E-state index in [-0.39, 0.29) is 11.7 Å². The molecule has 2 aromatic carbocycles. The number of fused-ring (bicyclic) bond motifs is 2. The number of nitrogens with zero attached hydrogens (tertiary/aromatic N) is 3. The number of aryl methyl sites for hydroxylation is 2. The van der Waals surface area contributed by atoms with Crippen molar-refractivity contribution in [3.63, 3.8) is 0 Å². The highest BCUT2D eigenvalue weighted by Gasteiger charge is 2.36. The number of esters is 2. The summed E-state index contributed by atoms with van der Waals surface area (Å²) in [5.41, 5.74) is 4.32. The fraction of sp³-hybridized carbons (Fsp3) is 0.448. The molecule has 0 aliphatic carbocycles. The van der Waals surface area contributed by atoms with Gasteiger partial charge in [0.25, 0.3) is 0 Å². The molecule has 0 unspecified atom stereocenters. The summed E-state index contributed by atoms with van der Waals surface area (Å²) in [6.45, 7) is 5.12. The number of carbonyl (C=O) groups is 2. The molecular weight excluding hydrogens is 473 g/mol. The molecule has 7 nitrogen and oxygen atoms in total. The Morgan fingerprint density at radius 2 is 1.70 bits per heavy atom. The number of unbranched alkanes of at least 4 members (excludes halogenated alkanes) is 1. The van der Waals surface area contributed by atoms with Crippen LogP contribution in [0.2, 0.25) is 0 Å². The minimum absolute atomic E-state index is 0.0879. The number of hydrogen-bond donors (Lipinski definition) is 0. The normalized spacial score (nSPS) is 18.5. The average molecular weight is 506 g/mol. The number of aromatic nitrogens is 1. The predicted octanol–water partition coefficient (Wildman–Crippen LogP) is 4.55. The second-order valence-electron chi connectivity index (χ2n) is 10.4. The maximum absolute atomic E-state index is 14.7. The summed E-state index contributed by atoms with van der Waals surface area (Å²) in [4.78, 5) is 29.3. The van der Waals surface area contributed by atoms with Crippen molar-refractivity contribution < 1.29 is 23.5 Å². The van der Waals surface area contributed by atoms with Crippen LogP contribution in [0.5, 0.6) is 11.6 Å². The van der Waals surface area contributed by atoms with Crippen LogP contribution < -0.4 is 14.4 Å². The summed E-state index contributed by atoms with van der Waals surface area (Å²) in [7, 11) is 1.77. The van der Waals surface area contributed by atoms with Crippen LogP contribution in [0.15, 0.2) is 36.4 Å². The molecule has 0 N–H and O–H groups in total. The first-order chi connectivity index (χ1) is 18.0. The highest BCUT2D eigenvalue weighted by Crippen LogP contribution is 2.46. The maximum Gasteiger partial charge on any atom is 0.424 e. The minimum atomic E-state index is -1.20. The summed E-state index contributed by atoms with van der Waals surface area (Å²) in [6, 6.07) is 11.7. The average Bonchev–Trinajstić information content (AvgIpc) is 3.20. The van der Waals surface area contributed by atoms with Crippen molar-refractivity contribution in [3.05, 3.63) is 53.3 Å². The molecule has 0 radical (unpaired) electrons. The highest BCUT2D eigenvalue weighted by molar-refractivity contribution is 6.31. The van der Waals surface area contributed by atoms with Crippen LogP contribution in [0.25, 0.3) is 10.9 Å². The van der Waals surface area contributed by atoms with E-state index in [1.165, 1.54) is 30.2 Å². The topological polar surface area (TPSA) is 64.0 Å². The van der Waals surface area contributed by atoms with Gasteiger partial charge in [-0.3, -0.25) is 0 Å². The van der Waals surface area contributed by atoms with E-state index < -0.39 is 17.8 Å². The van der Waals surface area contributed by atoms with Gasteiger partial charge < -0.3 is 23.8 Å². The summed E-state index contributed by atoms with van der Waals surface area (Å²) in [5, 5.41) is 0.540. The Morgan fingerprint density at radius 1 is 0.946 bits per heavy atom. The summed E-state index contributed by atoms with van der Waals surface area (Å²) >= 11 is 0. The first-order valence-corrected chi connectivity index (χ1v) is 13.3. The number of benzene rings is 2. The van der Waals surface area contributed by atoms with Crippen LogP contribution in [0, 0.1) is 5.82 Å². The number of para-hydroxylation sites is 1. The SMILES string of the molecule is Cn1c2c(C3CCN(CCCCN4CCCc5ccccc54)CC3)c3c(c(F)ccc31)OC(=O)C(=O)O2. The third kappa shape index (κ3) is 4.37. The third-order valence-electron chi connectivity index (χ3n) is 8.16. The number of halogens is 1. The molecule has 8 heteroatoms. The molecule has 4 heterocycles. The number of hydrogen-bond acceptors (Lipinski definition) is 6. The van der Waals surface area contributed by atoms with E-state index in [0.717, 1.165) is 64.0 Å². The molecule has 0 atom stereocenters. The lowest BCUT2D eigenvalue weighted by Crippen LogP contribution is -2.35. The Kier molecular flexibility index (Phi) is 6.36. The Labute approximate surface area is 215 Å². The molecule has 1 aromatic heterocycles. The highest BCUT2D eigenvalue weighted by atomic mass is 19.1. The number of carbonyl (C=O) groups excluding carboxylic acids is 2. The first-order valence-electron chi connectivity index (χ1n) is 13.3. The number of piperidine rings is 1. The van der Waals surface area contributed by atoms with Crippen LogP contribution >= 0.6 is 0 Å². The van der Waals surface area contributed by atoms with Crippen molar-refractivity contribution in [1.82, 2.24) is 9.47 Å². The van der Waals surface area contributed by atoms with E-state index in [1.807, 2.05) is 0 Å². The molecule has 1 fully saturated rings. The number of rotatable bonds is 6. The molecule has 0 spiro atoms. The van der Waals surface area contributed by atoms with Gasteiger partial charge in [-0.15, -0.1) is 0 Å². The second-order valence-corrected chi connectivity index (χ2v) is 10.4. The summed E-state index contributed by atoms with van der Waals surface area (Å²) in [6.07, 6.45) is 6.44. The van der Waals surface area contributed by atoms with Crippen molar-refractivity contribution in [3.8, 4) is 11.6 Å². The van der Waals surface area contributed by atoms with Crippen LogP contribution in [0.3, 0.4) is 0 Å². The molecule has 3 aromatic rings. The number of likely N-dealkylation sites (tertiary alicyclic amines) is 1. The van der Waals surface area contributed by atoms with Crippen LogP contribution in [-0.4, -0.2) is 54.1 Å². The smallest absolute Gasteiger partial charge is 0.414 e. The largest absolute Gasteiger partial charge is 0.424 e. The molecule has 6 rings (SSSR count). The Balaban J connectivity index is 1.10. The van der Waals surface area contributed by atoms with Gasteiger partial charge in [-0.2, -0.15) is 0 Å². The van der Waals surface area contributed by atoms with E-state index in [1.54, 1.807) is 17.7 Å². The lowest BCUT2D eigenvalue weighted by atomic mass is 9.88. The van der Waals surface area contributed by atoms with E-state index in [9.17, 15) is 14.0 Å². The van der Waals surface area contributed by atoms with Crippen molar-refractivity contribution in [2.45, 2.75) is 44.4 Å². The van der Waals surface area contributed by atoms with Gasteiger partial charge in [0.05, 0.1) is 10.9 Å². The van der Waals surface area contributed by atoms with E-state index >= 15 is 0 Å². The van der Waals surface area contributed by atoms with Crippen LogP contribution in [-0.2, 0) is 23.1 Å². The molecule has 3 aliphatic heterocycles. The first kappa shape index (κ1) is 24.0. The zero-order valence-corrected chi connectivity index (χ0v) is 21.2. The van der Waals surface area contributed by atoms with Crippen LogP contribution in [0.1, 0.15) is 49.1 Å². The van der Waals surface area contributed by atoms with Gasteiger partial charge in [0.15, 0.2) is 11.6 Å². The van der Waals surface area contributed by atoms with Crippen LogP contribution in [0.4, 0.5) is 10.1 Å². The van der Waals surface area contributed by atoms with Gasteiger partial charge in [0.1, 0.15) is 0 Å². The summed E-state index contributed by atoms with van der Waals surface area (Å²) in [5.74, 6) is -2.73. The Hall–Kier alpha value is -3.39. The van der Waals surface area contributed by atoms with Gasteiger partial charge >= 0.3 is 11.9 Å². The van der Waals surface area contributed by atoms with Gasteiger partial charge in [0, 0.05) is 31.4 Å². The molecule has 194 valence electrons. The van der Waals surface area contributed by atoms with E-state index in [0.29, 0.717) is 16.8 Å². The zero-order chi connectivity index (χ0) is 25.5. The third-order valence-corrected chi connectivity index (χ3v) is 8.16. The van der Waals surface area contributed by atoms with E-state index in [2.05, 4.69) is 34.1 Å². The van der Waals surface area contributed by atoms with E-state index in [4.69, 9.17) is 9.47 Å². The minimum Gasteiger partial charge on any atom is -0.414 e. The molecule has 1 saturated heterocycles. The Bertz CT molecular complexity index is 1360. The molecule has 0 saturated carbocycles. The van der Waals surface area contributed by atoms with Crippen molar-refractivity contribution in [1.29, 1.82) is 0 Å². The molecule has 0 amide bonds. The number of ether oxygens (including phenoxy) is 2. The van der Waals surface area contributed by atoms with Gasteiger partial charge in [-0.25, -0.2) is 14.0 Å². The lowest BCUT2D eigenvalue weighted by Gasteiger charge is -2.33. The molecular formula is C29H32FN3O4. The maximum atomic E-state index is 14.7. The molecule has 3 aliphatic rings. The zero-order valence-electron chi connectivity index (χ0n) is 21.2. The van der Waals surface area contributed by atoms with Gasteiger partial charge in [0.2, 0.25) is 5.88 Å². The van der Waals surface area contributed by atoms with Crippen molar-refractivity contribution in [2.24, 2.45) is 7.05 Å². The lowest BCUT2D eigenvalue weighted by molar-refractivity contribution is -0.156. The summed E-state index contributed by atoms with van der Waals surface area (Å²) < 4.78 is 27.1. The molecule has 37 heavy (non-hydrogen) atoms. The number of anilines is 1. The van der Waals surface area contributed by atoms with Crippen molar-refractivity contribution in [2.75, 3.05) is 37.6 Å². The molecule has 2 bridgehead atoms. The van der Waals surface area contributed by atoms with Gasteiger partial charge in [-0.05, 0) is 87.8 Å². The fourth-order valence-electron chi connectivity index (χ4n) is 6.28. The predicted molar refractivity (Wildman–Crippen MR) is 139 cm³/mol. The fourth-order valence-corrected chi connectivity index (χ4v) is 6.28. The standard InChI is InChI=1S/C29H32FN3O4/c1-31-23-11-10-21(30)26-25(23)24(27(31)37-29(35)28(34)36-26)20-12-17-32(18-13-20)14-4-5-15-33-16-6-8-19-7-2-3-9-22(19)33/h2-3,7,9-11,20H,4-6,8,12-18H2,1H3. The Morgan fingerprint density at radius 3 is 2.54 bits per heavy atom. The monoisotopic (exact) mass is 505 g/mol. The van der Waals surface area contributed by atoms with Crippen molar-refractivity contribution >= 4 is 28.5 Å². The second kappa shape index (κ2) is 9.82.